The number of rotatable bonds is 1. The quantitative estimate of drug-likeness (QED) is 0.724. The van der Waals surface area contributed by atoms with Crippen LogP contribution in [0, 0.1) is 0 Å². The van der Waals surface area contributed by atoms with E-state index in [1.807, 2.05) is 0 Å². The van der Waals surface area contributed by atoms with E-state index in [4.69, 9.17) is 0 Å². The van der Waals surface area contributed by atoms with Crippen molar-refractivity contribution >= 4 is 5.69 Å². The van der Waals surface area contributed by atoms with Crippen LogP contribution in [0.4, 0.5) is 5.69 Å². The molecular formula is C17H17N. The molecule has 0 unspecified atom stereocenters. The van der Waals surface area contributed by atoms with Crippen LogP contribution in [-0.2, 0) is 6.42 Å². The Morgan fingerprint density at radius 3 is 2.56 bits per heavy atom. The summed E-state index contributed by atoms with van der Waals surface area (Å²) >= 11 is 0. The summed E-state index contributed by atoms with van der Waals surface area (Å²) in [6, 6.07) is 18.5. The largest absolute Gasteiger partial charge is 0.364 e. The highest BCUT2D eigenvalue weighted by molar-refractivity contribution is 5.66. The summed E-state index contributed by atoms with van der Waals surface area (Å²) in [5.74, 6) is 0.665. The molecule has 1 aliphatic carbocycles. The molecule has 4 rings (SSSR count). The van der Waals surface area contributed by atoms with Gasteiger partial charge in [0.15, 0.2) is 0 Å². The van der Waals surface area contributed by atoms with Crippen LogP contribution in [0.15, 0.2) is 48.5 Å². The molecule has 0 aromatic heterocycles. The Labute approximate surface area is 108 Å². The van der Waals surface area contributed by atoms with Gasteiger partial charge in [-0.25, -0.2) is 0 Å². The summed E-state index contributed by atoms with van der Waals surface area (Å²) in [5.41, 5.74) is 6.08. The summed E-state index contributed by atoms with van der Waals surface area (Å²) in [6.07, 6.45) is 1.20. The van der Waals surface area contributed by atoms with E-state index in [1.54, 1.807) is 16.7 Å². The van der Waals surface area contributed by atoms with E-state index in [-0.39, 0.29) is 0 Å². The number of benzene rings is 2. The van der Waals surface area contributed by atoms with Gasteiger partial charge in [0.25, 0.3) is 0 Å². The first kappa shape index (κ1) is 10.2. The first-order valence-electron chi connectivity index (χ1n) is 6.83. The van der Waals surface area contributed by atoms with Crippen LogP contribution in [-0.4, -0.2) is 6.54 Å². The third-order valence-electron chi connectivity index (χ3n) is 4.52. The number of hydrogen-bond acceptors (Lipinski definition) is 1. The van der Waals surface area contributed by atoms with Crippen LogP contribution in [0.25, 0.3) is 0 Å². The minimum absolute atomic E-state index is 0.573. The first-order valence-corrected chi connectivity index (χ1v) is 6.83. The highest BCUT2D eigenvalue weighted by Gasteiger charge is 2.43. The smallest absolute Gasteiger partial charge is 0.0617 e. The predicted octanol–water partition coefficient (Wildman–Crippen LogP) is 3.91. The maximum Gasteiger partial charge on any atom is 0.0617 e. The predicted molar refractivity (Wildman–Crippen MR) is 75.1 cm³/mol. The van der Waals surface area contributed by atoms with E-state index in [1.165, 1.54) is 12.1 Å². The van der Waals surface area contributed by atoms with Gasteiger partial charge >= 0.3 is 0 Å². The lowest BCUT2D eigenvalue weighted by Gasteiger charge is -2.26. The van der Waals surface area contributed by atoms with Gasteiger partial charge in [0, 0.05) is 18.2 Å². The van der Waals surface area contributed by atoms with Crippen molar-refractivity contribution in [1.29, 1.82) is 0 Å². The molecule has 0 radical (unpaired) electrons. The minimum atomic E-state index is 0.573. The minimum Gasteiger partial charge on any atom is -0.364 e. The summed E-state index contributed by atoms with van der Waals surface area (Å²) in [6.45, 7) is 3.35. The average molecular weight is 235 g/mol. The van der Waals surface area contributed by atoms with Gasteiger partial charge in [-0.15, -0.1) is 0 Å². The van der Waals surface area contributed by atoms with Gasteiger partial charge < -0.3 is 4.90 Å². The fourth-order valence-electron chi connectivity index (χ4n) is 3.82. The summed E-state index contributed by atoms with van der Waals surface area (Å²) in [7, 11) is 0. The zero-order valence-corrected chi connectivity index (χ0v) is 10.6. The second-order valence-electron chi connectivity index (χ2n) is 5.30. The second-order valence-corrected chi connectivity index (χ2v) is 5.30. The van der Waals surface area contributed by atoms with Crippen molar-refractivity contribution in [1.82, 2.24) is 0 Å². The van der Waals surface area contributed by atoms with E-state index in [0.717, 1.165) is 6.54 Å². The van der Waals surface area contributed by atoms with Gasteiger partial charge in [0.05, 0.1) is 6.04 Å². The molecule has 0 bridgehead atoms. The molecule has 1 aliphatic heterocycles. The molecule has 2 aliphatic rings. The van der Waals surface area contributed by atoms with E-state index < -0.39 is 0 Å². The molecule has 90 valence electrons. The Hall–Kier alpha value is -1.76. The third kappa shape index (κ3) is 1.17. The lowest BCUT2D eigenvalue weighted by molar-refractivity contribution is 0.596. The summed E-state index contributed by atoms with van der Waals surface area (Å²) in [4.78, 5) is 2.58. The Morgan fingerprint density at radius 2 is 1.72 bits per heavy atom. The molecule has 1 nitrogen and oxygen atoms in total. The lowest BCUT2D eigenvalue weighted by atomic mass is 9.96. The number of fused-ring (bicyclic) bond motifs is 5. The van der Waals surface area contributed by atoms with Crippen molar-refractivity contribution in [2.45, 2.75) is 25.3 Å². The molecule has 1 heterocycles. The van der Waals surface area contributed by atoms with Crippen LogP contribution in [0.2, 0.25) is 0 Å². The van der Waals surface area contributed by atoms with Gasteiger partial charge in [-0.1, -0.05) is 42.5 Å². The van der Waals surface area contributed by atoms with Crippen molar-refractivity contribution < 1.29 is 0 Å². The molecule has 18 heavy (non-hydrogen) atoms. The number of hydrogen-bond donors (Lipinski definition) is 0. The molecule has 0 saturated heterocycles. The van der Waals surface area contributed by atoms with Crippen LogP contribution in [0.3, 0.4) is 0 Å². The monoisotopic (exact) mass is 235 g/mol. The Balaban J connectivity index is 1.90. The average Bonchev–Trinajstić information content (AvgIpc) is 2.93. The van der Waals surface area contributed by atoms with E-state index in [0.29, 0.717) is 12.0 Å². The number of anilines is 1. The van der Waals surface area contributed by atoms with Crippen LogP contribution >= 0.6 is 0 Å². The molecule has 2 atom stereocenters. The number of para-hydroxylation sites is 1. The van der Waals surface area contributed by atoms with Gasteiger partial charge in [0.2, 0.25) is 0 Å². The Bertz CT molecular complexity index is 600. The normalized spacial score (nSPS) is 23.7. The van der Waals surface area contributed by atoms with Crippen LogP contribution in [0.1, 0.15) is 35.6 Å². The third-order valence-corrected chi connectivity index (χ3v) is 4.52. The first-order chi connectivity index (χ1) is 8.90. The highest BCUT2D eigenvalue weighted by Crippen LogP contribution is 2.54. The summed E-state index contributed by atoms with van der Waals surface area (Å²) in [5, 5.41) is 0. The molecule has 2 aromatic rings. The maximum atomic E-state index is 2.58. The Kier molecular flexibility index (Phi) is 2.05. The molecular weight excluding hydrogens is 218 g/mol. The molecule has 0 spiro atoms. The fraction of sp³-hybridized carbons (Fsp3) is 0.294. The van der Waals surface area contributed by atoms with Crippen molar-refractivity contribution in [2.24, 2.45) is 0 Å². The SMILES string of the molecule is CCN1c2ccccc2[C@H]2Cc3ccccc3[C@H]21. The zero-order chi connectivity index (χ0) is 12.1. The number of nitrogens with zero attached hydrogens (tertiary/aromatic N) is 1. The molecule has 0 fully saturated rings. The Morgan fingerprint density at radius 1 is 1.00 bits per heavy atom. The van der Waals surface area contributed by atoms with Crippen molar-refractivity contribution in [2.75, 3.05) is 11.4 Å². The molecule has 1 heteroatoms. The standard InChI is InChI=1S/C17H17N/c1-2-18-16-10-6-5-9-14(16)15-11-12-7-3-4-8-13(12)17(15)18/h3-10,15,17H,2,11H2,1H3/t15-,17-/m1/s1. The van der Waals surface area contributed by atoms with Crippen molar-refractivity contribution in [3.63, 3.8) is 0 Å². The lowest BCUT2D eigenvalue weighted by Crippen LogP contribution is -2.24. The topological polar surface area (TPSA) is 3.24 Å². The molecule has 2 aromatic carbocycles. The van der Waals surface area contributed by atoms with Gasteiger partial charge in [-0.2, -0.15) is 0 Å². The van der Waals surface area contributed by atoms with Gasteiger partial charge in [-0.3, -0.25) is 0 Å². The summed E-state index contributed by atoms with van der Waals surface area (Å²) < 4.78 is 0. The van der Waals surface area contributed by atoms with E-state index >= 15 is 0 Å². The second kappa shape index (κ2) is 3.61. The molecule has 0 N–H and O–H groups in total. The van der Waals surface area contributed by atoms with E-state index in [2.05, 4.69) is 60.4 Å². The number of likely N-dealkylation sites (N-methyl/N-ethyl adjacent to an activating group) is 1. The molecule has 0 amide bonds. The maximum absolute atomic E-state index is 2.58. The highest BCUT2D eigenvalue weighted by atomic mass is 15.2. The van der Waals surface area contributed by atoms with Crippen molar-refractivity contribution in [3.8, 4) is 0 Å². The van der Waals surface area contributed by atoms with Crippen LogP contribution < -0.4 is 4.90 Å². The van der Waals surface area contributed by atoms with Crippen molar-refractivity contribution in [3.05, 3.63) is 65.2 Å². The van der Waals surface area contributed by atoms with Crippen LogP contribution in [0.5, 0.6) is 0 Å². The van der Waals surface area contributed by atoms with E-state index in [9.17, 15) is 0 Å². The fourth-order valence-corrected chi connectivity index (χ4v) is 3.82. The van der Waals surface area contributed by atoms with Gasteiger partial charge in [0.1, 0.15) is 0 Å². The zero-order valence-electron chi connectivity index (χ0n) is 10.6. The van der Waals surface area contributed by atoms with Gasteiger partial charge in [-0.05, 0) is 36.1 Å². The molecule has 0 saturated carbocycles.